The zero-order valence-corrected chi connectivity index (χ0v) is 10.1. The highest BCUT2D eigenvalue weighted by Crippen LogP contribution is 2.19. The molecular formula is C13H16N2O3. The van der Waals surface area contributed by atoms with Crippen LogP contribution < -0.4 is 0 Å². The van der Waals surface area contributed by atoms with Gasteiger partial charge in [-0.2, -0.15) is 0 Å². The number of hydrogen-bond donors (Lipinski definition) is 1. The van der Waals surface area contributed by atoms with E-state index in [-0.39, 0.29) is 5.91 Å². The number of aromatic nitrogens is 1. The maximum absolute atomic E-state index is 12.0. The molecule has 0 spiro atoms. The number of pyridine rings is 1. The van der Waals surface area contributed by atoms with Crippen LogP contribution in [-0.4, -0.2) is 39.5 Å². The zero-order valence-electron chi connectivity index (χ0n) is 10.1. The van der Waals surface area contributed by atoms with Crippen molar-refractivity contribution >= 4 is 11.9 Å². The average Bonchev–Trinajstić information content (AvgIpc) is 2.86. The molecule has 0 aromatic carbocycles. The second kappa shape index (κ2) is 5.62. The minimum absolute atomic E-state index is 0.0725. The van der Waals surface area contributed by atoms with Crippen LogP contribution >= 0.6 is 0 Å². The molecule has 1 atom stereocenters. The van der Waals surface area contributed by atoms with Crippen molar-refractivity contribution < 1.29 is 14.7 Å². The van der Waals surface area contributed by atoms with E-state index in [4.69, 9.17) is 5.11 Å². The van der Waals surface area contributed by atoms with Gasteiger partial charge in [-0.3, -0.25) is 9.78 Å². The van der Waals surface area contributed by atoms with Gasteiger partial charge in [-0.15, -0.1) is 0 Å². The van der Waals surface area contributed by atoms with E-state index in [1.165, 1.54) is 4.90 Å². The molecule has 0 bridgehead atoms. The monoisotopic (exact) mass is 248 g/mol. The molecule has 0 aliphatic carbocycles. The molecule has 1 aromatic rings. The van der Waals surface area contributed by atoms with Crippen LogP contribution in [0.2, 0.25) is 0 Å². The molecule has 0 saturated carbocycles. The molecule has 96 valence electrons. The summed E-state index contributed by atoms with van der Waals surface area (Å²) in [7, 11) is 0. The first-order chi connectivity index (χ1) is 8.68. The summed E-state index contributed by atoms with van der Waals surface area (Å²) in [6.07, 6.45) is 5.71. The number of aryl methyl sites for hydroxylation is 1. The van der Waals surface area contributed by atoms with E-state index < -0.39 is 12.0 Å². The Bertz CT molecular complexity index is 433. The lowest BCUT2D eigenvalue weighted by atomic mass is 10.1. The lowest BCUT2D eigenvalue weighted by molar-refractivity contribution is -0.148. The number of amides is 1. The van der Waals surface area contributed by atoms with Crippen molar-refractivity contribution in [2.24, 2.45) is 0 Å². The van der Waals surface area contributed by atoms with Crippen molar-refractivity contribution in [2.45, 2.75) is 31.7 Å². The first-order valence-corrected chi connectivity index (χ1v) is 6.09. The summed E-state index contributed by atoms with van der Waals surface area (Å²) in [5, 5.41) is 9.02. The Morgan fingerprint density at radius 2 is 2.11 bits per heavy atom. The van der Waals surface area contributed by atoms with Crippen LogP contribution in [0.5, 0.6) is 0 Å². The van der Waals surface area contributed by atoms with Gasteiger partial charge in [0, 0.05) is 25.4 Å². The van der Waals surface area contributed by atoms with Gasteiger partial charge in [0.1, 0.15) is 6.04 Å². The van der Waals surface area contributed by atoms with Gasteiger partial charge >= 0.3 is 5.97 Å². The topological polar surface area (TPSA) is 70.5 Å². The molecule has 1 aliphatic rings. The lowest BCUT2D eigenvalue weighted by Crippen LogP contribution is -2.40. The maximum atomic E-state index is 12.0. The Kier molecular flexibility index (Phi) is 3.92. The van der Waals surface area contributed by atoms with Gasteiger partial charge in [0.05, 0.1) is 0 Å². The standard InChI is InChI=1S/C13H16N2O3/c16-12(4-3-10-5-7-14-8-6-10)15-9-1-2-11(15)13(17)18/h5-8,11H,1-4,9H2,(H,17,18). The van der Waals surface area contributed by atoms with Crippen LogP contribution in [0.25, 0.3) is 0 Å². The molecule has 2 heterocycles. The summed E-state index contributed by atoms with van der Waals surface area (Å²) < 4.78 is 0. The van der Waals surface area contributed by atoms with Crippen molar-refractivity contribution in [3.8, 4) is 0 Å². The highest BCUT2D eigenvalue weighted by molar-refractivity contribution is 5.84. The second-order valence-corrected chi connectivity index (χ2v) is 4.44. The van der Waals surface area contributed by atoms with E-state index in [9.17, 15) is 9.59 Å². The maximum Gasteiger partial charge on any atom is 0.326 e. The first kappa shape index (κ1) is 12.5. The number of rotatable bonds is 4. The fourth-order valence-electron chi connectivity index (χ4n) is 2.27. The Labute approximate surface area is 105 Å². The lowest BCUT2D eigenvalue weighted by Gasteiger charge is -2.21. The number of likely N-dealkylation sites (tertiary alicyclic amines) is 1. The molecule has 1 N–H and O–H groups in total. The number of hydrogen-bond acceptors (Lipinski definition) is 3. The van der Waals surface area contributed by atoms with E-state index >= 15 is 0 Å². The summed E-state index contributed by atoms with van der Waals surface area (Å²) in [4.78, 5) is 28.4. The smallest absolute Gasteiger partial charge is 0.326 e. The van der Waals surface area contributed by atoms with Crippen LogP contribution in [0.15, 0.2) is 24.5 Å². The van der Waals surface area contributed by atoms with Gasteiger partial charge < -0.3 is 10.0 Å². The highest BCUT2D eigenvalue weighted by atomic mass is 16.4. The van der Waals surface area contributed by atoms with Crippen molar-refractivity contribution in [3.63, 3.8) is 0 Å². The third-order valence-electron chi connectivity index (χ3n) is 3.24. The van der Waals surface area contributed by atoms with Crippen LogP contribution in [0.1, 0.15) is 24.8 Å². The summed E-state index contributed by atoms with van der Waals surface area (Å²) in [5.74, 6) is -0.971. The normalized spacial score (nSPS) is 18.9. The fourth-order valence-corrected chi connectivity index (χ4v) is 2.27. The SMILES string of the molecule is O=C(O)C1CCCN1C(=O)CCc1ccncc1. The van der Waals surface area contributed by atoms with Crippen LogP contribution in [-0.2, 0) is 16.0 Å². The van der Waals surface area contributed by atoms with E-state index in [0.29, 0.717) is 25.8 Å². The minimum Gasteiger partial charge on any atom is -0.480 e. The van der Waals surface area contributed by atoms with Gasteiger partial charge in [0.15, 0.2) is 0 Å². The summed E-state index contributed by atoms with van der Waals surface area (Å²) >= 11 is 0. The third kappa shape index (κ3) is 2.85. The molecule has 5 nitrogen and oxygen atoms in total. The van der Waals surface area contributed by atoms with Crippen molar-refractivity contribution in [1.82, 2.24) is 9.88 Å². The fraction of sp³-hybridized carbons (Fsp3) is 0.462. The van der Waals surface area contributed by atoms with Crippen LogP contribution in [0, 0.1) is 0 Å². The molecule has 1 unspecified atom stereocenters. The van der Waals surface area contributed by atoms with E-state index in [2.05, 4.69) is 4.98 Å². The summed E-state index contributed by atoms with van der Waals surface area (Å²) in [6.45, 7) is 0.562. The van der Waals surface area contributed by atoms with Crippen LogP contribution in [0.3, 0.4) is 0 Å². The largest absolute Gasteiger partial charge is 0.480 e. The van der Waals surface area contributed by atoms with E-state index in [1.807, 2.05) is 12.1 Å². The predicted molar refractivity (Wildman–Crippen MR) is 64.9 cm³/mol. The molecule has 1 fully saturated rings. The van der Waals surface area contributed by atoms with Gasteiger partial charge in [0.25, 0.3) is 0 Å². The van der Waals surface area contributed by atoms with E-state index in [0.717, 1.165) is 12.0 Å². The highest BCUT2D eigenvalue weighted by Gasteiger charge is 2.33. The third-order valence-corrected chi connectivity index (χ3v) is 3.24. The second-order valence-electron chi connectivity index (χ2n) is 4.44. The minimum atomic E-state index is -0.898. The molecule has 5 heteroatoms. The Balaban J connectivity index is 1.90. The zero-order chi connectivity index (χ0) is 13.0. The first-order valence-electron chi connectivity index (χ1n) is 6.09. The summed E-state index contributed by atoms with van der Waals surface area (Å²) in [6, 6.07) is 3.10. The van der Waals surface area contributed by atoms with E-state index in [1.54, 1.807) is 12.4 Å². The van der Waals surface area contributed by atoms with Gasteiger partial charge in [-0.05, 0) is 37.0 Å². The van der Waals surface area contributed by atoms with Gasteiger partial charge in [0.2, 0.25) is 5.91 Å². The van der Waals surface area contributed by atoms with Gasteiger partial charge in [-0.25, -0.2) is 4.79 Å². The van der Waals surface area contributed by atoms with Crippen molar-refractivity contribution in [3.05, 3.63) is 30.1 Å². The van der Waals surface area contributed by atoms with Gasteiger partial charge in [-0.1, -0.05) is 0 Å². The molecule has 1 saturated heterocycles. The molecule has 1 amide bonds. The molecular weight excluding hydrogens is 232 g/mol. The number of carbonyl (C=O) groups excluding carboxylic acids is 1. The summed E-state index contributed by atoms with van der Waals surface area (Å²) in [5.41, 5.74) is 1.05. The Morgan fingerprint density at radius 1 is 1.39 bits per heavy atom. The molecule has 18 heavy (non-hydrogen) atoms. The Hall–Kier alpha value is -1.91. The predicted octanol–water partition coefficient (Wildman–Crippen LogP) is 1.09. The number of carboxylic acid groups (broad SMARTS) is 1. The molecule has 0 radical (unpaired) electrons. The number of carbonyl (C=O) groups is 2. The number of nitrogens with zero attached hydrogens (tertiary/aromatic N) is 2. The Morgan fingerprint density at radius 3 is 2.78 bits per heavy atom. The molecule has 2 rings (SSSR count). The molecule has 1 aliphatic heterocycles. The van der Waals surface area contributed by atoms with Crippen molar-refractivity contribution in [1.29, 1.82) is 0 Å². The average molecular weight is 248 g/mol. The quantitative estimate of drug-likeness (QED) is 0.865. The number of carboxylic acids is 1. The number of aliphatic carboxylic acids is 1. The molecule has 1 aromatic heterocycles. The van der Waals surface area contributed by atoms with Crippen molar-refractivity contribution in [2.75, 3.05) is 6.54 Å². The van der Waals surface area contributed by atoms with Crippen LogP contribution in [0.4, 0.5) is 0 Å².